The number of H-pyrrole nitrogens is 1. The first-order valence-electron chi connectivity index (χ1n) is 7.48. The van der Waals surface area contributed by atoms with Gasteiger partial charge in [-0.05, 0) is 18.1 Å². The van der Waals surface area contributed by atoms with Crippen molar-refractivity contribution < 1.29 is 24.2 Å². The largest absolute Gasteiger partial charge is 0.481 e. The maximum atomic E-state index is 11.5. The summed E-state index contributed by atoms with van der Waals surface area (Å²) in [6.45, 7) is 0.428. The zero-order valence-electron chi connectivity index (χ0n) is 13.2. The lowest BCUT2D eigenvalue weighted by Crippen LogP contribution is -2.30. The van der Waals surface area contributed by atoms with Gasteiger partial charge >= 0.3 is 5.97 Å². The number of amides is 2. The van der Waals surface area contributed by atoms with Crippen molar-refractivity contribution in [3.05, 3.63) is 34.2 Å². The van der Waals surface area contributed by atoms with Crippen LogP contribution in [0.5, 0.6) is 0 Å². The van der Waals surface area contributed by atoms with E-state index in [2.05, 4.69) is 15.6 Å². The Labute approximate surface area is 138 Å². The molecule has 0 unspecified atom stereocenters. The van der Waals surface area contributed by atoms with Gasteiger partial charge in [-0.3, -0.25) is 19.2 Å². The van der Waals surface area contributed by atoms with E-state index >= 15 is 0 Å². The van der Waals surface area contributed by atoms with Crippen LogP contribution in [0.1, 0.15) is 24.8 Å². The molecule has 0 saturated carbocycles. The van der Waals surface area contributed by atoms with Crippen LogP contribution in [-0.2, 0) is 25.7 Å². The van der Waals surface area contributed by atoms with Crippen molar-refractivity contribution >= 4 is 17.8 Å². The summed E-state index contributed by atoms with van der Waals surface area (Å²) in [7, 11) is 0. The minimum atomic E-state index is -0.970. The van der Waals surface area contributed by atoms with Gasteiger partial charge in [-0.1, -0.05) is 0 Å². The first-order chi connectivity index (χ1) is 11.5. The lowest BCUT2D eigenvalue weighted by atomic mass is 10.3. The van der Waals surface area contributed by atoms with Gasteiger partial charge < -0.3 is 25.5 Å². The molecule has 4 N–H and O–H groups in total. The SMILES string of the molecule is O=C(O)CCNC(=O)CCCNC(=O)COCc1cc[nH]c(=O)c1. The smallest absolute Gasteiger partial charge is 0.305 e. The lowest BCUT2D eigenvalue weighted by molar-refractivity contribution is -0.137. The third-order valence-electron chi connectivity index (χ3n) is 2.91. The number of carbonyl (C=O) groups is 3. The molecule has 1 rings (SSSR count). The number of nitrogens with one attached hydrogen (secondary N) is 3. The number of carbonyl (C=O) groups excluding carboxylic acids is 2. The first kappa shape index (κ1) is 19.4. The van der Waals surface area contributed by atoms with Gasteiger partial charge in [0.05, 0.1) is 13.0 Å². The number of carboxylic acids is 1. The second-order valence-corrected chi connectivity index (χ2v) is 5.00. The predicted molar refractivity (Wildman–Crippen MR) is 84.2 cm³/mol. The number of aliphatic carboxylic acids is 1. The Balaban J connectivity index is 2.04. The normalized spacial score (nSPS) is 10.2. The number of aromatic nitrogens is 1. The van der Waals surface area contributed by atoms with E-state index in [0.717, 1.165) is 0 Å². The standard InChI is InChI=1S/C15H21N3O6/c19-12(17-7-4-15(22)23)2-1-5-16-14(21)10-24-9-11-3-6-18-13(20)8-11/h3,6,8H,1-2,4-5,7,9-10H2,(H,16,21)(H,17,19)(H,18,20)(H,22,23). The Morgan fingerprint density at radius 2 is 1.88 bits per heavy atom. The molecule has 0 fully saturated rings. The number of aromatic amines is 1. The molecule has 0 spiro atoms. The highest BCUT2D eigenvalue weighted by atomic mass is 16.5. The van der Waals surface area contributed by atoms with Gasteiger partial charge in [-0.15, -0.1) is 0 Å². The molecule has 0 bridgehead atoms. The molecule has 0 aliphatic carbocycles. The lowest BCUT2D eigenvalue weighted by Gasteiger charge is -2.07. The Morgan fingerprint density at radius 3 is 2.58 bits per heavy atom. The molecule has 1 aromatic heterocycles. The van der Waals surface area contributed by atoms with Crippen molar-refractivity contribution in [1.82, 2.24) is 15.6 Å². The van der Waals surface area contributed by atoms with E-state index < -0.39 is 5.97 Å². The quantitative estimate of drug-likeness (QED) is 0.396. The van der Waals surface area contributed by atoms with Gasteiger partial charge in [0.2, 0.25) is 17.4 Å². The summed E-state index contributed by atoms with van der Waals surface area (Å²) in [6, 6.07) is 3.07. The van der Waals surface area contributed by atoms with Crippen LogP contribution in [0, 0.1) is 0 Å². The van der Waals surface area contributed by atoms with E-state index in [1.54, 1.807) is 6.07 Å². The van der Waals surface area contributed by atoms with E-state index in [1.165, 1.54) is 12.3 Å². The second-order valence-electron chi connectivity index (χ2n) is 5.00. The van der Waals surface area contributed by atoms with Crippen LogP contribution in [0.15, 0.2) is 23.1 Å². The number of hydrogen-bond donors (Lipinski definition) is 4. The summed E-state index contributed by atoms with van der Waals surface area (Å²) in [4.78, 5) is 46.7. The van der Waals surface area contributed by atoms with Crippen molar-refractivity contribution in [2.24, 2.45) is 0 Å². The molecule has 9 heteroatoms. The Morgan fingerprint density at radius 1 is 1.12 bits per heavy atom. The molecule has 0 aliphatic rings. The van der Waals surface area contributed by atoms with Crippen molar-refractivity contribution in [2.45, 2.75) is 25.9 Å². The third-order valence-corrected chi connectivity index (χ3v) is 2.91. The molecule has 0 aromatic carbocycles. The minimum absolute atomic E-state index is 0.0939. The molecule has 1 aromatic rings. The van der Waals surface area contributed by atoms with E-state index in [9.17, 15) is 19.2 Å². The number of carboxylic acid groups (broad SMARTS) is 1. The van der Waals surface area contributed by atoms with Crippen LogP contribution in [0.4, 0.5) is 0 Å². The topological polar surface area (TPSA) is 138 Å². The molecule has 0 atom stereocenters. The Bertz CT molecular complexity index is 613. The number of pyridine rings is 1. The first-order valence-corrected chi connectivity index (χ1v) is 7.48. The molecule has 9 nitrogen and oxygen atoms in total. The zero-order valence-corrected chi connectivity index (χ0v) is 13.2. The van der Waals surface area contributed by atoms with Gasteiger partial charge in [0, 0.05) is 31.8 Å². The van der Waals surface area contributed by atoms with Gasteiger partial charge in [0.25, 0.3) is 0 Å². The van der Waals surface area contributed by atoms with E-state index in [0.29, 0.717) is 18.5 Å². The van der Waals surface area contributed by atoms with Crippen molar-refractivity contribution in [3.63, 3.8) is 0 Å². The summed E-state index contributed by atoms with van der Waals surface area (Å²) >= 11 is 0. The van der Waals surface area contributed by atoms with Gasteiger partial charge in [0.15, 0.2) is 0 Å². The van der Waals surface area contributed by atoms with Crippen LogP contribution in [0.25, 0.3) is 0 Å². The summed E-state index contributed by atoms with van der Waals surface area (Å²) in [5.74, 6) is -1.54. The Hall–Kier alpha value is -2.68. The van der Waals surface area contributed by atoms with Crippen molar-refractivity contribution in [2.75, 3.05) is 19.7 Å². The van der Waals surface area contributed by atoms with Gasteiger partial charge in [-0.25, -0.2) is 0 Å². The van der Waals surface area contributed by atoms with Gasteiger partial charge in [-0.2, -0.15) is 0 Å². The summed E-state index contributed by atoms with van der Waals surface area (Å²) in [6.07, 6.45) is 2.03. The van der Waals surface area contributed by atoms with E-state index in [4.69, 9.17) is 9.84 Å². The van der Waals surface area contributed by atoms with Crippen molar-refractivity contribution in [3.8, 4) is 0 Å². The number of hydrogen-bond acceptors (Lipinski definition) is 5. The molecular formula is C15H21N3O6. The Kier molecular flexibility index (Phi) is 8.84. The van der Waals surface area contributed by atoms with Crippen LogP contribution in [-0.4, -0.2) is 47.6 Å². The van der Waals surface area contributed by atoms with E-state index in [-0.39, 0.29) is 50.0 Å². The van der Waals surface area contributed by atoms with Gasteiger partial charge in [0.1, 0.15) is 6.61 Å². The van der Waals surface area contributed by atoms with Crippen LogP contribution >= 0.6 is 0 Å². The molecule has 0 aliphatic heterocycles. The van der Waals surface area contributed by atoms with Crippen LogP contribution in [0.3, 0.4) is 0 Å². The summed E-state index contributed by atoms with van der Waals surface area (Å²) in [5.41, 5.74) is 0.437. The minimum Gasteiger partial charge on any atom is -0.481 e. The fourth-order valence-electron chi connectivity index (χ4n) is 1.77. The number of rotatable bonds is 11. The number of ether oxygens (including phenoxy) is 1. The molecule has 132 valence electrons. The molecular weight excluding hydrogens is 318 g/mol. The van der Waals surface area contributed by atoms with E-state index in [1.807, 2.05) is 0 Å². The molecule has 0 radical (unpaired) electrons. The molecule has 0 saturated heterocycles. The maximum Gasteiger partial charge on any atom is 0.305 e. The second kappa shape index (κ2) is 10.9. The highest BCUT2D eigenvalue weighted by Gasteiger charge is 2.05. The molecule has 2 amide bonds. The summed E-state index contributed by atoms with van der Waals surface area (Å²) < 4.78 is 5.19. The van der Waals surface area contributed by atoms with Crippen LogP contribution < -0.4 is 16.2 Å². The predicted octanol–water partition coefficient (Wildman–Crippen LogP) is -0.621. The highest BCUT2D eigenvalue weighted by Crippen LogP contribution is 1.95. The molecule has 24 heavy (non-hydrogen) atoms. The zero-order chi connectivity index (χ0) is 17.8. The third kappa shape index (κ3) is 9.36. The fourth-order valence-corrected chi connectivity index (χ4v) is 1.77. The monoisotopic (exact) mass is 339 g/mol. The average Bonchev–Trinajstić information content (AvgIpc) is 2.51. The molecule has 1 heterocycles. The highest BCUT2D eigenvalue weighted by molar-refractivity contribution is 5.78. The maximum absolute atomic E-state index is 11.5. The average molecular weight is 339 g/mol. The summed E-state index contributed by atoms with van der Waals surface area (Å²) in [5, 5.41) is 13.5. The fraction of sp³-hybridized carbons (Fsp3) is 0.467. The van der Waals surface area contributed by atoms with Crippen molar-refractivity contribution in [1.29, 1.82) is 0 Å². The van der Waals surface area contributed by atoms with Crippen LogP contribution in [0.2, 0.25) is 0 Å².